The van der Waals surface area contributed by atoms with E-state index in [0.717, 1.165) is 34.3 Å². The quantitative estimate of drug-likeness (QED) is 0.901. The Bertz CT molecular complexity index is 385. The molecule has 1 aliphatic rings. The van der Waals surface area contributed by atoms with Gasteiger partial charge in [-0.15, -0.1) is 11.3 Å². The molecule has 3 N–H and O–H groups in total. The normalized spacial score (nSPS) is 18.6. The van der Waals surface area contributed by atoms with Gasteiger partial charge in [0.05, 0.1) is 14.2 Å². The number of rotatable bonds is 3. The van der Waals surface area contributed by atoms with Crippen LogP contribution in [0.4, 0.5) is 0 Å². The van der Waals surface area contributed by atoms with Gasteiger partial charge >= 0.3 is 0 Å². The van der Waals surface area contributed by atoms with Gasteiger partial charge in [0.25, 0.3) is 5.91 Å². The fourth-order valence-corrected chi connectivity index (χ4v) is 3.45. The summed E-state index contributed by atoms with van der Waals surface area (Å²) in [6.07, 6.45) is 4.32. The number of carbonyl (C=O) groups excluding carboxylic acids is 1. The number of thiophene rings is 1. The average molecular weight is 303 g/mol. The predicted molar refractivity (Wildman–Crippen MR) is 69.7 cm³/mol. The summed E-state index contributed by atoms with van der Waals surface area (Å²) in [6.45, 7) is 0.533. The lowest BCUT2D eigenvalue weighted by Crippen LogP contribution is -2.51. The Morgan fingerprint density at radius 3 is 2.69 bits per heavy atom. The summed E-state index contributed by atoms with van der Waals surface area (Å²) in [5.41, 5.74) is 5.62. The third-order valence-electron chi connectivity index (χ3n) is 3.13. The monoisotopic (exact) mass is 302 g/mol. The van der Waals surface area contributed by atoms with Crippen LogP contribution in [0.25, 0.3) is 0 Å². The van der Waals surface area contributed by atoms with Gasteiger partial charge in [-0.2, -0.15) is 0 Å². The van der Waals surface area contributed by atoms with Crippen molar-refractivity contribution in [3.8, 4) is 0 Å². The zero-order chi connectivity index (χ0) is 11.6. The summed E-state index contributed by atoms with van der Waals surface area (Å²) in [5.74, 6) is 0.00282. The zero-order valence-corrected chi connectivity index (χ0v) is 11.4. The van der Waals surface area contributed by atoms with Crippen LogP contribution in [0.15, 0.2) is 15.9 Å². The van der Waals surface area contributed by atoms with Crippen LogP contribution < -0.4 is 11.1 Å². The minimum atomic E-state index is -0.159. The molecular formula is C11H15BrN2OS. The van der Waals surface area contributed by atoms with Crippen molar-refractivity contribution >= 4 is 33.2 Å². The summed E-state index contributed by atoms with van der Waals surface area (Å²) in [4.78, 5) is 12.7. The average Bonchev–Trinajstić information content (AvgIpc) is 2.88. The van der Waals surface area contributed by atoms with Crippen LogP contribution in [0.2, 0.25) is 0 Å². The van der Waals surface area contributed by atoms with Gasteiger partial charge in [0.2, 0.25) is 0 Å². The van der Waals surface area contributed by atoms with E-state index < -0.39 is 0 Å². The molecule has 0 unspecified atom stereocenters. The maximum absolute atomic E-state index is 12.0. The summed E-state index contributed by atoms with van der Waals surface area (Å²) >= 11 is 4.81. The topological polar surface area (TPSA) is 55.1 Å². The molecule has 1 fully saturated rings. The van der Waals surface area contributed by atoms with Gasteiger partial charge in [-0.1, -0.05) is 12.8 Å². The van der Waals surface area contributed by atoms with Crippen LogP contribution in [0.5, 0.6) is 0 Å². The summed E-state index contributed by atoms with van der Waals surface area (Å²) in [7, 11) is 0. The first-order chi connectivity index (χ1) is 7.65. The third kappa shape index (κ3) is 2.47. The molecule has 16 heavy (non-hydrogen) atoms. The molecule has 5 heteroatoms. The van der Waals surface area contributed by atoms with E-state index in [9.17, 15) is 4.79 Å². The first kappa shape index (κ1) is 12.1. The first-order valence-electron chi connectivity index (χ1n) is 5.43. The van der Waals surface area contributed by atoms with Crippen molar-refractivity contribution in [2.75, 3.05) is 6.54 Å². The van der Waals surface area contributed by atoms with Gasteiger partial charge in [0.1, 0.15) is 0 Å². The highest BCUT2D eigenvalue weighted by Gasteiger charge is 2.34. The molecule has 0 atom stereocenters. The number of carbonyl (C=O) groups is 1. The lowest BCUT2D eigenvalue weighted by atomic mass is 9.98. The number of nitrogens with two attached hydrogens (primary N) is 1. The van der Waals surface area contributed by atoms with E-state index in [-0.39, 0.29) is 11.4 Å². The Hall–Kier alpha value is -0.390. The Morgan fingerprint density at radius 1 is 1.50 bits per heavy atom. The number of nitrogens with one attached hydrogen (secondary N) is 1. The highest BCUT2D eigenvalue weighted by atomic mass is 79.9. The zero-order valence-electron chi connectivity index (χ0n) is 8.96. The lowest BCUT2D eigenvalue weighted by molar-refractivity contribution is 0.0907. The molecule has 1 aromatic rings. The predicted octanol–water partition coefficient (Wildman–Crippen LogP) is 2.51. The van der Waals surface area contributed by atoms with E-state index in [1.165, 1.54) is 11.3 Å². The van der Waals surface area contributed by atoms with E-state index in [1.54, 1.807) is 0 Å². The first-order valence-corrected chi connectivity index (χ1v) is 7.04. The molecular weight excluding hydrogens is 288 g/mol. The second-order valence-corrected chi connectivity index (χ2v) is 6.71. The van der Waals surface area contributed by atoms with Gasteiger partial charge in [-0.05, 0) is 40.9 Å². The molecule has 0 aromatic carbocycles. The van der Waals surface area contributed by atoms with Crippen LogP contribution in [0.1, 0.15) is 35.4 Å². The molecule has 0 spiro atoms. The van der Waals surface area contributed by atoms with Gasteiger partial charge < -0.3 is 11.1 Å². The Morgan fingerprint density at radius 2 is 2.19 bits per heavy atom. The molecule has 0 saturated heterocycles. The largest absolute Gasteiger partial charge is 0.345 e. The number of hydrogen-bond acceptors (Lipinski definition) is 3. The minimum Gasteiger partial charge on any atom is -0.345 e. The molecule has 3 nitrogen and oxygen atoms in total. The van der Waals surface area contributed by atoms with Crippen LogP contribution in [-0.4, -0.2) is 18.0 Å². The Labute approximate surface area is 108 Å². The fourth-order valence-electron chi connectivity index (χ4n) is 2.17. The van der Waals surface area contributed by atoms with Crippen molar-refractivity contribution in [3.05, 3.63) is 20.8 Å². The van der Waals surface area contributed by atoms with Crippen molar-refractivity contribution in [2.45, 2.75) is 31.2 Å². The summed E-state index contributed by atoms with van der Waals surface area (Å²) in [6, 6.07) is 3.73. The van der Waals surface area contributed by atoms with Crippen molar-refractivity contribution in [1.29, 1.82) is 0 Å². The summed E-state index contributed by atoms with van der Waals surface area (Å²) < 4.78 is 0.978. The number of halogens is 1. The molecule has 1 aromatic heterocycles. The van der Waals surface area contributed by atoms with Crippen molar-refractivity contribution in [2.24, 2.45) is 5.73 Å². The van der Waals surface area contributed by atoms with Crippen LogP contribution in [0, 0.1) is 0 Å². The van der Waals surface area contributed by atoms with Crippen LogP contribution in [-0.2, 0) is 0 Å². The molecule has 1 saturated carbocycles. The maximum atomic E-state index is 12.0. The van der Waals surface area contributed by atoms with Gasteiger partial charge in [-0.3, -0.25) is 4.79 Å². The third-order valence-corrected chi connectivity index (χ3v) is 4.75. The second kappa shape index (κ2) is 4.85. The highest BCUT2D eigenvalue weighted by molar-refractivity contribution is 9.11. The molecule has 0 bridgehead atoms. The molecule has 0 aliphatic heterocycles. The Balaban J connectivity index is 2.06. The smallest absolute Gasteiger partial charge is 0.261 e. The van der Waals surface area contributed by atoms with E-state index in [1.807, 2.05) is 12.1 Å². The number of amides is 1. The molecule has 1 amide bonds. The molecule has 2 rings (SSSR count). The van der Waals surface area contributed by atoms with Crippen molar-refractivity contribution in [1.82, 2.24) is 5.32 Å². The molecule has 1 aliphatic carbocycles. The van der Waals surface area contributed by atoms with Gasteiger partial charge in [-0.25, -0.2) is 0 Å². The van der Waals surface area contributed by atoms with Crippen LogP contribution >= 0.6 is 27.3 Å². The molecule has 1 heterocycles. The van der Waals surface area contributed by atoms with E-state index in [4.69, 9.17) is 5.73 Å². The number of hydrogen-bond donors (Lipinski definition) is 2. The molecule has 0 radical (unpaired) electrons. The summed E-state index contributed by atoms with van der Waals surface area (Å²) in [5, 5.41) is 3.10. The molecule has 88 valence electrons. The standard InChI is InChI=1S/C11H15BrN2OS/c12-9-4-3-8(16-9)10(15)14-11(7-13)5-1-2-6-11/h3-4H,1-2,5-7,13H2,(H,14,15). The van der Waals surface area contributed by atoms with E-state index in [0.29, 0.717) is 6.54 Å². The highest BCUT2D eigenvalue weighted by Crippen LogP contribution is 2.30. The fraction of sp³-hybridized carbons (Fsp3) is 0.545. The SMILES string of the molecule is NCC1(NC(=O)c2ccc(Br)s2)CCCC1. The minimum absolute atomic E-state index is 0.00282. The van der Waals surface area contributed by atoms with Crippen LogP contribution in [0.3, 0.4) is 0 Å². The van der Waals surface area contributed by atoms with E-state index >= 15 is 0 Å². The Kier molecular flexibility index (Phi) is 3.66. The van der Waals surface area contributed by atoms with Gasteiger partial charge in [0, 0.05) is 6.54 Å². The maximum Gasteiger partial charge on any atom is 0.261 e. The van der Waals surface area contributed by atoms with Crippen molar-refractivity contribution < 1.29 is 4.79 Å². The lowest BCUT2D eigenvalue weighted by Gasteiger charge is -2.28. The van der Waals surface area contributed by atoms with Crippen molar-refractivity contribution in [3.63, 3.8) is 0 Å². The van der Waals surface area contributed by atoms with Gasteiger partial charge in [0.15, 0.2) is 0 Å². The van der Waals surface area contributed by atoms with E-state index in [2.05, 4.69) is 21.2 Å². The second-order valence-electron chi connectivity index (χ2n) is 4.25.